The summed E-state index contributed by atoms with van der Waals surface area (Å²) in [6.07, 6.45) is 2.55. The van der Waals surface area contributed by atoms with Crippen LogP contribution in [0.5, 0.6) is 0 Å². The smallest absolute Gasteiger partial charge is 0.314 e. The third kappa shape index (κ3) is 3.16. The van der Waals surface area contributed by atoms with E-state index in [4.69, 9.17) is 4.74 Å². The highest BCUT2D eigenvalue weighted by Gasteiger charge is 2.41. The van der Waals surface area contributed by atoms with Crippen LogP contribution in [-0.2, 0) is 14.9 Å². The highest BCUT2D eigenvalue weighted by molar-refractivity contribution is 7.99. The maximum absolute atomic E-state index is 12.1. The fourth-order valence-corrected chi connectivity index (χ4v) is 4.90. The monoisotopic (exact) mass is 405 g/mol. The van der Waals surface area contributed by atoms with E-state index >= 15 is 0 Å². The van der Waals surface area contributed by atoms with E-state index in [1.807, 2.05) is 47.0 Å². The molecule has 5 rings (SSSR count). The molecule has 7 heteroatoms. The van der Waals surface area contributed by atoms with Gasteiger partial charge in [0.2, 0.25) is 0 Å². The van der Waals surface area contributed by atoms with Crippen LogP contribution in [0.3, 0.4) is 0 Å². The molecule has 0 spiro atoms. The molecule has 3 heterocycles. The number of hydrogen-bond donors (Lipinski definition) is 1. The molecule has 0 bridgehead atoms. The molecule has 0 saturated carbocycles. The van der Waals surface area contributed by atoms with Gasteiger partial charge in [0.1, 0.15) is 6.33 Å². The lowest BCUT2D eigenvalue weighted by Crippen LogP contribution is -2.41. The predicted octanol–water partition coefficient (Wildman–Crippen LogP) is 4.17. The number of nitrogens with zero attached hydrogens (tertiary/aromatic N) is 3. The molecule has 1 saturated heterocycles. The molecule has 0 amide bonds. The topological polar surface area (TPSA) is 76.7 Å². The maximum Gasteiger partial charge on any atom is 0.314 e. The van der Waals surface area contributed by atoms with E-state index in [0.29, 0.717) is 26.1 Å². The molecule has 0 radical (unpaired) electrons. The van der Waals surface area contributed by atoms with Crippen molar-refractivity contribution in [2.24, 2.45) is 0 Å². The Morgan fingerprint density at radius 3 is 2.72 bits per heavy atom. The molecule has 1 N–H and O–H groups in total. The van der Waals surface area contributed by atoms with Crippen LogP contribution in [0.1, 0.15) is 18.4 Å². The third-order valence-corrected chi connectivity index (χ3v) is 6.57. The number of aromatic nitrogens is 3. The second kappa shape index (κ2) is 7.17. The van der Waals surface area contributed by atoms with Crippen molar-refractivity contribution in [1.29, 1.82) is 0 Å². The Hall–Kier alpha value is -2.90. The maximum atomic E-state index is 12.1. The molecule has 0 aliphatic carbocycles. The third-order valence-electron chi connectivity index (χ3n) is 5.59. The number of benzene rings is 2. The fourth-order valence-electron chi connectivity index (χ4n) is 3.98. The first-order valence-electron chi connectivity index (χ1n) is 9.48. The van der Waals surface area contributed by atoms with Crippen molar-refractivity contribution in [3.8, 4) is 0 Å². The molecule has 0 unspecified atom stereocenters. The van der Waals surface area contributed by atoms with Gasteiger partial charge in [-0.2, -0.15) is 5.10 Å². The molecular formula is C22H19N3O3S. The van der Waals surface area contributed by atoms with Crippen molar-refractivity contribution in [2.75, 3.05) is 13.2 Å². The summed E-state index contributed by atoms with van der Waals surface area (Å²) in [5, 5.41) is 15.3. The van der Waals surface area contributed by atoms with Crippen molar-refractivity contribution in [2.45, 2.75) is 28.0 Å². The molecule has 1 fully saturated rings. The minimum atomic E-state index is -0.864. The summed E-state index contributed by atoms with van der Waals surface area (Å²) in [6.45, 7) is 0.955. The number of carboxylic acids is 1. The normalized spacial score (nSPS) is 16.3. The van der Waals surface area contributed by atoms with Crippen LogP contribution < -0.4 is 0 Å². The van der Waals surface area contributed by atoms with Crippen molar-refractivity contribution in [3.63, 3.8) is 0 Å². The van der Waals surface area contributed by atoms with Crippen LogP contribution in [0.25, 0.3) is 16.6 Å². The second-order valence-electron chi connectivity index (χ2n) is 7.21. The van der Waals surface area contributed by atoms with Gasteiger partial charge < -0.3 is 9.84 Å². The van der Waals surface area contributed by atoms with E-state index < -0.39 is 11.4 Å². The van der Waals surface area contributed by atoms with Gasteiger partial charge in [0.15, 0.2) is 5.65 Å². The first kappa shape index (κ1) is 18.1. The first-order chi connectivity index (χ1) is 14.2. The van der Waals surface area contributed by atoms with Gasteiger partial charge in [0, 0.05) is 28.4 Å². The minimum Gasteiger partial charge on any atom is -0.481 e. The summed E-state index contributed by atoms with van der Waals surface area (Å²) in [5.41, 5.74) is 1.81. The SMILES string of the molecule is O=C(O)C1(c2cccc(Sc3ccc4c(ccc5ncnn54)c3)c2)CCOCC1. The molecule has 2 aromatic carbocycles. The van der Waals surface area contributed by atoms with Gasteiger partial charge >= 0.3 is 5.97 Å². The zero-order valence-electron chi connectivity index (χ0n) is 15.6. The summed E-state index contributed by atoms with van der Waals surface area (Å²) in [4.78, 5) is 18.4. The number of rotatable bonds is 4. The van der Waals surface area contributed by atoms with Gasteiger partial charge in [0.05, 0.1) is 10.9 Å². The lowest BCUT2D eigenvalue weighted by atomic mass is 9.74. The van der Waals surface area contributed by atoms with E-state index in [9.17, 15) is 9.90 Å². The standard InChI is InChI=1S/C22H19N3O3S/c26-21(27)22(8-10-28-11-9-22)16-2-1-3-17(13-16)29-18-5-6-19-15(12-18)4-7-20-23-14-24-25(19)20/h1-7,12-14H,8-11H2,(H,26,27). The lowest BCUT2D eigenvalue weighted by Gasteiger charge is -2.33. The van der Waals surface area contributed by atoms with Gasteiger partial charge in [-0.15, -0.1) is 0 Å². The molecule has 6 nitrogen and oxygen atoms in total. The largest absolute Gasteiger partial charge is 0.481 e. The summed E-state index contributed by atoms with van der Waals surface area (Å²) in [7, 11) is 0. The summed E-state index contributed by atoms with van der Waals surface area (Å²) in [5.74, 6) is -0.773. The molecule has 146 valence electrons. The Morgan fingerprint density at radius 1 is 1.07 bits per heavy atom. The number of hydrogen-bond acceptors (Lipinski definition) is 5. The number of fused-ring (bicyclic) bond motifs is 3. The average molecular weight is 405 g/mol. The lowest BCUT2D eigenvalue weighted by molar-refractivity contribution is -0.147. The van der Waals surface area contributed by atoms with Crippen molar-refractivity contribution in [3.05, 3.63) is 66.5 Å². The van der Waals surface area contributed by atoms with E-state index in [0.717, 1.165) is 31.9 Å². The van der Waals surface area contributed by atoms with Crippen molar-refractivity contribution >= 4 is 34.3 Å². The Balaban J connectivity index is 1.48. The number of carbonyl (C=O) groups is 1. The summed E-state index contributed by atoms with van der Waals surface area (Å²) >= 11 is 1.63. The van der Waals surface area contributed by atoms with Crippen LogP contribution in [-0.4, -0.2) is 38.9 Å². The minimum absolute atomic E-state index is 0.477. The van der Waals surface area contributed by atoms with Crippen LogP contribution in [0.2, 0.25) is 0 Å². The van der Waals surface area contributed by atoms with Crippen LogP contribution >= 0.6 is 11.8 Å². The van der Waals surface area contributed by atoms with E-state index in [1.165, 1.54) is 0 Å². The second-order valence-corrected chi connectivity index (χ2v) is 8.36. The first-order valence-corrected chi connectivity index (χ1v) is 10.3. The zero-order chi connectivity index (χ0) is 19.8. The molecular weight excluding hydrogens is 386 g/mol. The molecule has 4 aromatic rings. The van der Waals surface area contributed by atoms with Gasteiger partial charge in [-0.3, -0.25) is 4.79 Å². The number of pyridine rings is 1. The van der Waals surface area contributed by atoms with E-state index in [-0.39, 0.29) is 0 Å². The van der Waals surface area contributed by atoms with Gasteiger partial charge in [-0.05, 0) is 60.9 Å². The van der Waals surface area contributed by atoms with Gasteiger partial charge in [0.25, 0.3) is 0 Å². The summed E-state index contributed by atoms with van der Waals surface area (Å²) < 4.78 is 7.23. The van der Waals surface area contributed by atoms with Crippen LogP contribution in [0, 0.1) is 0 Å². The van der Waals surface area contributed by atoms with Gasteiger partial charge in [-0.25, -0.2) is 9.50 Å². The van der Waals surface area contributed by atoms with Crippen molar-refractivity contribution < 1.29 is 14.6 Å². The van der Waals surface area contributed by atoms with Crippen LogP contribution in [0.15, 0.2) is 70.7 Å². The molecule has 1 aliphatic rings. The Labute approximate surface area is 171 Å². The van der Waals surface area contributed by atoms with Gasteiger partial charge in [-0.1, -0.05) is 23.9 Å². The number of carboxylic acid groups (broad SMARTS) is 1. The molecule has 29 heavy (non-hydrogen) atoms. The zero-order valence-corrected chi connectivity index (χ0v) is 16.4. The Bertz CT molecular complexity index is 1210. The molecule has 2 aromatic heterocycles. The van der Waals surface area contributed by atoms with E-state index in [2.05, 4.69) is 22.2 Å². The quantitative estimate of drug-likeness (QED) is 0.549. The van der Waals surface area contributed by atoms with E-state index in [1.54, 1.807) is 18.1 Å². The Morgan fingerprint density at radius 2 is 1.90 bits per heavy atom. The fraction of sp³-hybridized carbons (Fsp3) is 0.227. The average Bonchev–Trinajstić information content (AvgIpc) is 3.23. The molecule has 1 aliphatic heterocycles. The van der Waals surface area contributed by atoms with Crippen molar-refractivity contribution in [1.82, 2.24) is 14.6 Å². The number of aliphatic carboxylic acids is 1. The predicted molar refractivity (Wildman–Crippen MR) is 110 cm³/mol. The highest BCUT2D eigenvalue weighted by Crippen LogP contribution is 2.38. The summed E-state index contributed by atoms with van der Waals surface area (Å²) in [6, 6.07) is 18.1. The Kier molecular flexibility index (Phi) is 4.49. The number of ether oxygens (including phenoxy) is 1. The molecule has 0 atom stereocenters. The van der Waals surface area contributed by atoms with Crippen LogP contribution in [0.4, 0.5) is 0 Å². The highest BCUT2D eigenvalue weighted by atomic mass is 32.2.